The minimum Gasteiger partial charge on any atom is -0.347 e. The smallest absolute Gasteiger partial charge is 0.347 e. The highest BCUT2D eigenvalue weighted by molar-refractivity contribution is 6.30. The van der Waals surface area contributed by atoms with Gasteiger partial charge in [0.2, 0.25) is 0 Å². The second-order valence-corrected chi connectivity index (χ2v) is 6.54. The average molecular weight is 348 g/mol. The topological polar surface area (TPSA) is 45.2 Å². The van der Waals surface area contributed by atoms with E-state index < -0.39 is 22.8 Å². The zero-order valence-corrected chi connectivity index (χ0v) is 13.1. The molecule has 3 aliphatic rings. The predicted molar refractivity (Wildman–Crippen MR) is 79.3 cm³/mol. The Hall–Kier alpha value is -1.34. The molecule has 4 heterocycles. The normalized spacial score (nSPS) is 27.6. The number of fused-ring (bicyclic) bond motifs is 4. The minimum absolute atomic E-state index is 0.000341. The van der Waals surface area contributed by atoms with Crippen molar-refractivity contribution in [2.75, 3.05) is 19.6 Å². The summed E-state index contributed by atoms with van der Waals surface area (Å²) in [4.78, 5) is 18.1. The summed E-state index contributed by atoms with van der Waals surface area (Å²) in [5.41, 5.74) is -1.12. The van der Waals surface area contributed by atoms with Crippen LogP contribution in [0.4, 0.5) is 13.2 Å². The number of aromatic nitrogens is 1. The van der Waals surface area contributed by atoms with Crippen LogP contribution in [-0.2, 0) is 6.18 Å². The molecule has 0 radical (unpaired) electrons. The molecule has 4 rings (SSSR count). The molecule has 0 aliphatic carbocycles. The molecule has 0 spiro atoms. The zero-order valence-electron chi connectivity index (χ0n) is 12.4. The Labute approximate surface area is 137 Å². The third kappa shape index (κ3) is 3.77. The number of hydrogen-bond donors (Lipinski definition) is 1. The fourth-order valence-corrected chi connectivity index (χ4v) is 3.59. The quantitative estimate of drug-likeness (QED) is 0.837. The maximum absolute atomic E-state index is 12.7. The summed E-state index contributed by atoms with van der Waals surface area (Å²) in [6.45, 7) is 2.86. The van der Waals surface area contributed by atoms with Gasteiger partial charge in [0, 0.05) is 12.6 Å². The lowest BCUT2D eigenvalue weighted by atomic mass is 9.94. The van der Waals surface area contributed by atoms with Gasteiger partial charge < -0.3 is 10.2 Å². The van der Waals surface area contributed by atoms with Crippen LogP contribution in [0.25, 0.3) is 0 Å². The number of piperidine rings is 1. The lowest BCUT2D eigenvalue weighted by molar-refractivity contribution is -0.137. The SMILES string of the molecule is O=C(N[C@@H]1CC2CCN(CC2)C1)c1ccc(C(F)(F)F)c(Cl)n1. The Bertz CT molecular complexity index is 586. The van der Waals surface area contributed by atoms with E-state index in [1.165, 1.54) is 0 Å². The standard InChI is InChI=1S/C15H17ClF3N3O/c16-13-11(15(17,18)19)1-2-12(21-13)14(23)20-10-7-9-3-5-22(8-10)6-4-9/h1-2,9-10H,3-8H2,(H,20,23)/t10-/m1/s1. The first-order chi connectivity index (χ1) is 10.8. The number of amides is 1. The highest BCUT2D eigenvalue weighted by Crippen LogP contribution is 2.33. The Morgan fingerprint density at radius 3 is 2.61 bits per heavy atom. The van der Waals surface area contributed by atoms with Crippen LogP contribution in [0.3, 0.4) is 0 Å². The molecule has 23 heavy (non-hydrogen) atoms. The van der Waals surface area contributed by atoms with Crippen molar-refractivity contribution < 1.29 is 18.0 Å². The van der Waals surface area contributed by atoms with E-state index >= 15 is 0 Å². The van der Waals surface area contributed by atoms with Gasteiger partial charge in [0.25, 0.3) is 5.91 Å². The molecule has 0 saturated carbocycles. The van der Waals surface area contributed by atoms with Crippen molar-refractivity contribution in [3.05, 3.63) is 28.5 Å². The van der Waals surface area contributed by atoms with E-state index in [1.54, 1.807) is 0 Å². The first-order valence-electron chi connectivity index (χ1n) is 7.60. The maximum Gasteiger partial charge on any atom is 0.419 e. The van der Waals surface area contributed by atoms with Crippen molar-refractivity contribution >= 4 is 17.5 Å². The molecule has 126 valence electrons. The number of rotatable bonds is 2. The van der Waals surface area contributed by atoms with Crippen molar-refractivity contribution in [1.29, 1.82) is 0 Å². The van der Waals surface area contributed by atoms with Crippen molar-refractivity contribution in [3.63, 3.8) is 0 Å². The fraction of sp³-hybridized carbons (Fsp3) is 0.600. The molecule has 8 heteroatoms. The lowest BCUT2D eigenvalue weighted by Gasteiger charge is -2.26. The third-order valence-corrected chi connectivity index (χ3v) is 4.81. The minimum atomic E-state index is -4.58. The van der Waals surface area contributed by atoms with E-state index in [4.69, 9.17) is 11.6 Å². The first kappa shape index (κ1) is 16.5. The summed E-state index contributed by atoms with van der Waals surface area (Å²) in [6, 6.07) is 1.86. The van der Waals surface area contributed by atoms with Crippen LogP contribution in [0, 0.1) is 5.92 Å². The molecule has 3 saturated heterocycles. The van der Waals surface area contributed by atoms with E-state index in [2.05, 4.69) is 15.2 Å². The van der Waals surface area contributed by atoms with Gasteiger partial charge in [0.1, 0.15) is 10.8 Å². The maximum atomic E-state index is 12.7. The summed E-state index contributed by atoms with van der Waals surface area (Å²) in [5, 5.41) is 2.18. The molecule has 4 nitrogen and oxygen atoms in total. The van der Waals surface area contributed by atoms with Crippen molar-refractivity contribution in [1.82, 2.24) is 15.2 Å². The van der Waals surface area contributed by atoms with Gasteiger partial charge >= 0.3 is 6.18 Å². The number of carbonyl (C=O) groups is 1. The molecule has 1 amide bonds. The predicted octanol–water partition coefficient (Wildman–Crippen LogP) is 2.97. The van der Waals surface area contributed by atoms with Gasteiger partial charge in [-0.1, -0.05) is 11.6 Å². The van der Waals surface area contributed by atoms with E-state index in [1.807, 2.05) is 0 Å². The number of pyridine rings is 1. The second kappa shape index (κ2) is 6.28. The van der Waals surface area contributed by atoms with Gasteiger partial charge in [0.15, 0.2) is 0 Å². The van der Waals surface area contributed by atoms with Crippen LogP contribution in [0.15, 0.2) is 12.1 Å². The van der Waals surface area contributed by atoms with Gasteiger partial charge in [0.05, 0.1) is 5.56 Å². The number of nitrogens with one attached hydrogen (secondary N) is 1. The highest BCUT2D eigenvalue weighted by Gasteiger charge is 2.35. The molecule has 0 aromatic carbocycles. The number of halogens is 4. The van der Waals surface area contributed by atoms with Crippen LogP contribution in [0.5, 0.6) is 0 Å². The Balaban J connectivity index is 1.70. The average Bonchev–Trinajstić information content (AvgIpc) is 2.77. The van der Waals surface area contributed by atoms with Crippen LogP contribution in [-0.4, -0.2) is 41.5 Å². The first-order valence-corrected chi connectivity index (χ1v) is 7.97. The van der Waals surface area contributed by atoms with Gasteiger partial charge in [-0.25, -0.2) is 4.98 Å². The number of carbonyl (C=O) groups excluding carboxylic acids is 1. The number of alkyl halides is 3. The van der Waals surface area contributed by atoms with Gasteiger partial charge in [-0.05, 0) is 50.4 Å². The number of hydrogen-bond acceptors (Lipinski definition) is 3. The zero-order chi connectivity index (χ0) is 16.6. The molecular formula is C15H17ClF3N3O. The molecular weight excluding hydrogens is 331 g/mol. The number of nitrogens with zero attached hydrogens (tertiary/aromatic N) is 2. The molecule has 2 bridgehead atoms. The van der Waals surface area contributed by atoms with Gasteiger partial charge in [-0.3, -0.25) is 4.79 Å². The van der Waals surface area contributed by atoms with Crippen molar-refractivity contribution in [2.45, 2.75) is 31.5 Å². The summed E-state index contributed by atoms with van der Waals surface area (Å²) >= 11 is 5.56. The van der Waals surface area contributed by atoms with Crippen LogP contribution in [0.2, 0.25) is 5.15 Å². The van der Waals surface area contributed by atoms with Gasteiger partial charge in [-0.2, -0.15) is 13.2 Å². The van der Waals surface area contributed by atoms with E-state index in [9.17, 15) is 18.0 Å². The molecule has 3 fully saturated rings. The van der Waals surface area contributed by atoms with Crippen LogP contribution < -0.4 is 5.32 Å². The Morgan fingerprint density at radius 2 is 2.00 bits per heavy atom. The third-order valence-electron chi connectivity index (χ3n) is 4.53. The monoisotopic (exact) mass is 347 g/mol. The van der Waals surface area contributed by atoms with Gasteiger partial charge in [-0.15, -0.1) is 0 Å². The lowest BCUT2D eigenvalue weighted by Crippen LogP contribution is -2.42. The largest absolute Gasteiger partial charge is 0.419 e. The Morgan fingerprint density at radius 1 is 1.30 bits per heavy atom. The van der Waals surface area contributed by atoms with Crippen LogP contribution >= 0.6 is 11.6 Å². The van der Waals surface area contributed by atoms with Crippen LogP contribution in [0.1, 0.15) is 35.3 Å². The Kier molecular flexibility index (Phi) is 4.51. The molecule has 1 aromatic rings. The molecule has 0 unspecified atom stereocenters. The highest BCUT2D eigenvalue weighted by atomic mass is 35.5. The van der Waals surface area contributed by atoms with E-state index in [-0.39, 0.29) is 11.7 Å². The fourth-order valence-electron chi connectivity index (χ4n) is 3.33. The second-order valence-electron chi connectivity index (χ2n) is 6.18. The summed E-state index contributed by atoms with van der Waals surface area (Å²) < 4.78 is 38.0. The van der Waals surface area contributed by atoms with E-state index in [0.717, 1.165) is 51.0 Å². The molecule has 1 N–H and O–H groups in total. The van der Waals surface area contributed by atoms with Crippen molar-refractivity contribution in [2.24, 2.45) is 5.92 Å². The molecule has 1 aromatic heterocycles. The summed E-state index contributed by atoms with van der Waals surface area (Å²) in [5.74, 6) is 0.122. The van der Waals surface area contributed by atoms with E-state index in [0.29, 0.717) is 5.92 Å². The summed E-state index contributed by atoms with van der Waals surface area (Å²) in [6.07, 6.45) is -1.41. The summed E-state index contributed by atoms with van der Waals surface area (Å²) in [7, 11) is 0. The molecule has 3 aliphatic heterocycles. The molecule has 1 atom stereocenters. The van der Waals surface area contributed by atoms with Crippen molar-refractivity contribution in [3.8, 4) is 0 Å².